The lowest BCUT2D eigenvalue weighted by Gasteiger charge is -1.97. The van der Waals surface area contributed by atoms with Gasteiger partial charge in [0.2, 0.25) is 0 Å². The van der Waals surface area contributed by atoms with E-state index in [1.165, 1.54) is 0 Å². The minimum Gasteiger partial charge on any atom is -0.280 e. The Hall–Kier alpha value is -0.880. The van der Waals surface area contributed by atoms with Crippen LogP contribution in [0.3, 0.4) is 0 Å². The van der Waals surface area contributed by atoms with Crippen LogP contribution in [0, 0.1) is 4.64 Å². The van der Waals surface area contributed by atoms with E-state index in [0.29, 0.717) is 10.4 Å². The van der Waals surface area contributed by atoms with Crippen LogP contribution >= 0.6 is 24.0 Å². The molecule has 0 saturated heterocycles. The van der Waals surface area contributed by atoms with Crippen LogP contribution in [0.4, 0.5) is 0 Å². The van der Waals surface area contributed by atoms with E-state index in [9.17, 15) is 0 Å². The quantitative estimate of drug-likeness (QED) is 0.769. The molecule has 2 heterocycles. The van der Waals surface area contributed by atoms with Gasteiger partial charge >= 0.3 is 0 Å². The van der Waals surface area contributed by atoms with Crippen molar-refractivity contribution in [2.24, 2.45) is 0 Å². The molecule has 13 heavy (non-hydrogen) atoms. The monoisotopic (exact) mass is 212 g/mol. The lowest BCUT2D eigenvalue weighted by molar-refractivity contribution is 0.912. The molecular weight excluding hydrogens is 204 g/mol. The van der Waals surface area contributed by atoms with E-state index in [1.807, 2.05) is 12.3 Å². The van der Waals surface area contributed by atoms with Crippen molar-refractivity contribution in [2.75, 3.05) is 6.26 Å². The van der Waals surface area contributed by atoms with E-state index >= 15 is 0 Å². The molecule has 0 radical (unpaired) electrons. The van der Waals surface area contributed by atoms with Gasteiger partial charge in [0.1, 0.15) is 11.0 Å². The smallest absolute Gasteiger partial charge is 0.251 e. The normalized spacial score (nSPS) is 10.8. The van der Waals surface area contributed by atoms with Gasteiger partial charge in [-0.15, -0.1) is 0 Å². The van der Waals surface area contributed by atoms with Crippen molar-refractivity contribution < 1.29 is 0 Å². The molecular formula is C7H8N4S2. The second-order valence-electron chi connectivity index (χ2n) is 2.54. The maximum atomic E-state index is 5.15. The highest BCUT2D eigenvalue weighted by molar-refractivity contribution is 7.97. The van der Waals surface area contributed by atoms with Gasteiger partial charge in [0, 0.05) is 5.75 Å². The maximum Gasteiger partial charge on any atom is 0.251 e. The first-order valence-electron chi connectivity index (χ1n) is 3.72. The van der Waals surface area contributed by atoms with Crippen LogP contribution in [0.15, 0.2) is 12.4 Å². The summed E-state index contributed by atoms with van der Waals surface area (Å²) >= 11 is 6.87. The number of nitrogens with zero attached hydrogens (tertiary/aromatic N) is 3. The molecule has 1 N–H and O–H groups in total. The molecule has 2 aromatic heterocycles. The Balaban J connectivity index is 2.63. The van der Waals surface area contributed by atoms with Gasteiger partial charge in [0.05, 0.1) is 5.69 Å². The highest BCUT2D eigenvalue weighted by atomic mass is 32.2. The fourth-order valence-corrected chi connectivity index (χ4v) is 1.80. The zero-order valence-electron chi connectivity index (χ0n) is 7.02. The zero-order valence-corrected chi connectivity index (χ0v) is 8.65. The molecule has 0 aliphatic rings. The summed E-state index contributed by atoms with van der Waals surface area (Å²) in [4.78, 5) is 8.36. The average Bonchev–Trinajstić information content (AvgIpc) is 2.53. The summed E-state index contributed by atoms with van der Waals surface area (Å²) in [6.45, 7) is 0. The molecule has 0 atom stereocenters. The van der Waals surface area contributed by atoms with Crippen LogP contribution in [0.25, 0.3) is 5.78 Å². The molecule has 68 valence electrons. The van der Waals surface area contributed by atoms with Crippen LogP contribution < -0.4 is 0 Å². The summed E-state index contributed by atoms with van der Waals surface area (Å²) in [6, 6.07) is 1.89. The van der Waals surface area contributed by atoms with Gasteiger partial charge in [0.15, 0.2) is 0 Å². The fraction of sp³-hybridized carbons (Fsp3) is 0.286. The molecule has 6 heteroatoms. The number of aromatic nitrogens is 4. The van der Waals surface area contributed by atoms with Crippen LogP contribution in [0.2, 0.25) is 0 Å². The van der Waals surface area contributed by atoms with Gasteiger partial charge in [-0.05, 0) is 12.3 Å². The first-order chi connectivity index (χ1) is 6.31. The third-order valence-corrected chi connectivity index (χ3v) is 2.50. The van der Waals surface area contributed by atoms with E-state index in [-0.39, 0.29) is 0 Å². The molecule has 0 spiro atoms. The van der Waals surface area contributed by atoms with E-state index in [1.54, 1.807) is 22.6 Å². The van der Waals surface area contributed by atoms with Crippen LogP contribution in [0.1, 0.15) is 5.69 Å². The minimum absolute atomic E-state index is 0.636. The van der Waals surface area contributed by atoms with Gasteiger partial charge < -0.3 is 0 Å². The molecule has 4 nitrogen and oxygen atoms in total. The Morgan fingerprint density at radius 2 is 2.54 bits per heavy atom. The molecule has 0 aromatic carbocycles. The highest BCUT2D eigenvalue weighted by Crippen LogP contribution is 2.07. The average molecular weight is 212 g/mol. The number of fused-ring (bicyclic) bond motifs is 1. The van der Waals surface area contributed by atoms with E-state index < -0.39 is 0 Å². The molecule has 0 aliphatic heterocycles. The van der Waals surface area contributed by atoms with Gasteiger partial charge in [0.25, 0.3) is 5.78 Å². The largest absolute Gasteiger partial charge is 0.280 e. The van der Waals surface area contributed by atoms with Gasteiger partial charge in [-0.3, -0.25) is 5.10 Å². The second-order valence-corrected chi connectivity index (χ2v) is 3.83. The molecule has 0 unspecified atom stereocenters. The summed E-state index contributed by atoms with van der Waals surface area (Å²) in [5.41, 5.74) is 0.976. The third kappa shape index (κ3) is 1.59. The number of hydrogen-bond donors (Lipinski definition) is 1. The maximum absolute atomic E-state index is 5.15. The first-order valence-corrected chi connectivity index (χ1v) is 5.52. The molecule has 0 saturated carbocycles. The molecule has 0 bridgehead atoms. The van der Waals surface area contributed by atoms with Crippen molar-refractivity contribution in [3.8, 4) is 0 Å². The van der Waals surface area contributed by atoms with Crippen molar-refractivity contribution in [1.29, 1.82) is 0 Å². The number of hydrogen-bond acceptors (Lipinski definition) is 4. The molecule has 0 amide bonds. The topological polar surface area (TPSA) is 46.0 Å². The number of thioether (sulfide) groups is 1. The summed E-state index contributed by atoms with van der Waals surface area (Å²) in [7, 11) is 0. The van der Waals surface area contributed by atoms with Crippen molar-refractivity contribution in [3.63, 3.8) is 0 Å². The predicted molar refractivity (Wildman–Crippen MR) is 55.4 cm³/mol. The van der Waals surface area contributed by atoms with Crippen molar-refractivity contribution >= 4 is 29.8 Å². The third-order valence-electron chi connectivity index (χ3n) is 1.61. The Morgan fingerprint density at radius 1 is 1.69 bits per heavy atom. The summed E-state index contributed by atoms with van der Waals surface area (Å²) in [5.74, 6) is 1.50. The molecule has 0 fully saturated rings. The Morgan fingerprint density at radius 3 is 3.31 bits per heavy atom. The van der Waals surface area contributed by atoms with Gasteiger partial charge in [-0.2, -0.15) is 11.8 Å². The van der Waals surface area contributed by atoms with Crippen molar-refractivity contribution in [1.82, 2.24) is 19.6 Å². The van der Waals surface area contributed by atoms with Crippen LogP contribution in [0.5, 0.6) is 0 Å². The first kappa shape index (κ1) is 8.71. The lowest BCUT2D eigenvalue weighted by atomic mass is 10.5. The Bertz CT molecular complexity index is 473. The lowest BCUT2D eigenvalue weighted by Crippen LogP contribution is -1.96. The van der Waals surface area contributed by atoms with Crippen LogP contribution in [-0.4, -0.2) is 25.8 Å². The van der Waals surface area contributed by atoms with E-state index in [4.69, 9.17) is 12.2 Å². The number of aromatic amines is 1. The van der Waals surface area contributed by atoms with Gasteiger partial charge in [-0.25, -0.2) is 14.5 Å². The SMILES string of the molecule is CSCc1cc(=S)n2[nH]cnc2n1. The van der Waals surface area contributed by atoms with Crippen LogP contribution in [-0.2, 0) is 5.75 Å². The van der Waals surface area contributed by atoms with Crippen molar-refractivity contribution in [2.45, 2.75) is 5.75 Å². The Kier molecular flexibility index (Phi) is 2.32. The Labute approximate surface area is 84.4 Å². The van der Waals surface area contributed by atoms with E-state index in [2.05, 4.69) is 15.1 Å². The molecule has 2 rings (SSSR count). The van der Waals surface area contributed by atoms with E-state index in [0.717, 1.165) is 11.4 Å². The molecule has 0 aliphatic carbocycles. The fourth-order valence-electron chi connectivity index (χ4n) is 1.09. The summed E-state index contributed by atoms with van der Waals surface area (Å²) in [6.07, 6.45) is 3.62. The standard InChI is InChI=1S/C7H8N4S2/c1-13-3-5-2-6(12)11-7(10-5)8-4-9-11/h2,4H,3H2,1H3,(H,8,9,10). The number of rotatable bonds is 2. The minimum atomic E-state index is 0.636. The second kappa shape index (κ2) is 3.47. The van der Waals surface area contributed by atoms with Gasteiger partial charge in [-0.1, -0.05) is 12.2 Å². The van der Waals surface area contributed by atoms with Crippen molar-refractivity contribution in [3.05, 3.63) is 22.7 Å². The molecule has 2 aromatic rings. The number of nitrogens with one attached hydrogen (secondary N) is 1. The summed E-state index contributed by atoms with van der Waals surface area (Å²) in [5, 5.41) is 2.89. The highest BCUT2D eigenvalue weighted by Gasteiger charge is 2.00. The zero-order chi connectivity index (χ0) is 9.26. The predicted octanol–water partition coefficient (Wildman–Crippen LogP) is 1.65. The summed E-state index contributed by atoms with van der Waals surface area (Å²) < 4.78 is 2.39. The number of H-pyrrole nitrogens is 1.